The molecule has 5 heteroatoms. The number of pyridine rings is 2. The Morgan fingerprint density at radius 3 is 2.86 bits per heavy atom. The maximum absolute atomic E-state index is 5.83. The average Bonchev–Trinajstić information content (AvgIpc) is 3.29. The van der Waals surface area contributed by atoms with Gasteiger partial charge in [0.1, 0.15) is 5.75 Å². The molecule has 0 saturated heterocycles. The molecule has 1 aliphatic carbocycles. The van der Waals surface area contributed by atoms with Crippen LogP contribution in [-0.4, -0.2) is 16.0 Å². The lowest BCUT2D eigenvalue weighted by atomic mass is 10.2. The lowest BCUT2D eigenvalue weighted by Crippen LogP contribution is -2.15. The Kier molecular flexibility index (Phi) is 4.51. The number of aryl methyl sites for hydroxylation is 1. The van der Waals surface area contributed by atoms with E-state index in [4.69, 9.17) is 4.74 Å². The summed E-state index contributed by atoms with van der Waals surface area (Å²) in [4.78, 5) is 8.63. The van der Waals surface area contributed by atoms with Crippen molar-refractivity contribution in [3.8, 4) is 11.6 Å². The van der Waals surface area contributed by atoms with Gasteiger partial charge in [-0.2, -0.15) is 0 Å². The molecule has 1 N–H and O–H groups in total. The van der Waals surface area contributed by atoms with Gasteiger partial charge < -0.3 is 10.1 Å². The summed E-state index contributed by atoms with van der Waals surface area (Å²) in [5, 5.41) is 3.52. The van der Waals surface area contributed by atoms with Crippen molar-refractivity contribution >= 4 is 15.9 Å². The zero-order chi connectivity index (χ0) is 14.7. The second kappa shape index (κ2) is 6.54. The number of nitrogens with zero attached hydrogens (tertiary/aromatic N) is 2. The minimum absolute atomic E-state index is 0.627. The fourth-order valence-electron chi connectivity index (χ4n) is 2.07. The van der Waals surface area contributed by atoms with Gasteiger partial charge in [-0.25, -0.2) is 4.98 Å². The molecule has 2 aromatic rings. The van der Waals surface area contributed by atoms with E-state index in [1.807, 2.05) is 12.1 Å². The van der Waals surface area contributed by atoms with Crippen molar-refractivity contribution in [3.05, 3.63) is 46.3 Å². The molecule has 0 spiro atoms. The molecule has 0 aliphatic heterocycles. The van der Waals surface area contributed by atoms with E-state index in [-0.39, 0.29) is 0 Å². The highest BCUT2D eigenvalue weighted by Crippen LogP contribution is 2.24. The van der Waals surface area contributed by atoms with E-state index in [1.54, 1.807) is 12.4 Å². The van der Waals surface area contributed by atoms with Gasteiger partial charge in [0.05, 0.1) is 6.20 Å². The quantitative estimate of drug-likeness (QED) is 0.862. The highest BCUT2D eigenvalue weighted by atomic mass is 79.9. The summed E-state index contributed by atoms with van der Waals surface area (Å²) < 4.78 is 6.72. The SMILES string of the molecule is CCc1cc(CNC2CC2)cc(Oc2cncc(Br)c2)n1. The van der Waals surface area contributed by atoms with Crippen LogP contribution in [-0.2, 0) is 13.0 Å². The van der Waals surface area contributed by atoms with E-state index < -0.39 is 0 Å². The second-order valence-corrected chi connectivity index (χ2v) is 6.17. The zero-order valence-corrected chi connectivity index (χ0v) is 13.6. The van der Waals surface area contributed by atoms with Crippen LogP contribution in [0.2, 0.25) is 0 Å². The van der Waals surface area contributed by atoms with E-state index in [9.17, 15) is 0 Å². The molecule has 0 radical (unpaired) electrons. The van der Waals surface area contributed by atoms with Gasteiger partial charge in [0.2, 0.25) is 5.88 Å². The molecule has 21 heavy (non-hydrogen) atoms. The third-order valence-corrected chi connectivity index (χ3v) is 3.79. The fourth-order valence-corrected chi connectivity index (χ4v) is 2.42. The number of nitrogens with one attached hydrogen (secondary N) is 1. The molecule has 110 valence electrons. The summed E-state index contributed by atoms with van der Waals surface area (Å²) in [6.45, 7) is 2.97. The molecule has 0 atom stereocenters. The van der Waals surface area contributed by atoms with Gasteiger partial charge in [-0.15, -0.1) is 0 Å². The molecule has 1 saturated carbocycles. The number of hydrogen-bond acceptors (Lipinski definition) is 4. The van der Waals surface area contributed by atoms with Crippen molar-refractivity contribution in [2.45, 2.75) is 38.8 Å². The first kappa shape index (κ1) is 14.5. The number of rotatable bonds is 6. The van der Waals surface area contributed by atoms with Gasteiger partial charge in [-0.05, 0) is 52.9 Å². The highest BCUT2D eigenvalue weighted by Gasteiger charge is 2.20. The number of aromatic nitrogens is 2. The Balaban J connectivity index is 1.77. The summed E-state index contributed by atoms with van der Waals surface area (Å²) in [6.07, 6.45) is 6.89. The summed E-state index contributed by atoms with van der Waals surface area (Å²) >= 11 is 3.39. The van der Waals surface area contributed by atoms with Crippen molar-refractivity contribution < 1.29 is 4.74 Å². The molecule has 4 nitrogen and oxygen atoms in total. The second-order valence-electron chi connectivity index (χ2n) is 5.25. The first-order valence-corrected chi connectivity index (χ1v) is 8.04. The summed E-state index contributed by atoms with van der Waals surface area (Å²) in [6, 6.07) is 6.72. The highest BCUT2D eigenvalue weighted by molar-refractivity contribution is 9.10. The van der Waals surface area contributed by atoms with Crippen molar-refractivity contribution in [1.29, 1.82) is 0 Å². The zero-order valence-electron chi connectivity index (χ0n) is 12.0. The van der Waals surface area contributed by atoms with Gasteiger partial charge >= 0.3 is 0 Å². The van der Waals surface area contributed by atoms with Gasteiger partial charge in [0, 0.05) is 35.0 Å². The normalized spacial score (nSPS) is 14.2. The fraction of sp³-hybridized carbons (Fsp3) is 0.375. The molecule has 1 fully saturated rings. The van der Waals surface area contributed by atoms with Crippen LogP contribution in [0, 0.1) is 0 Å². The first-order chi connectivity index (χ1) is 10.2. The maximum atomic E-state index is 5.83. The van der Waals surface area contributed by atoms with E-state index in [2.05, 4.69) is 44.2 Å². The number of hydrogen-bond donors (Lipinski definition) is 1. The number of halogens is 1. The average molecular weight is 348 g/mol. The lowest BCUT2D eigenvalue weighted by molar-refractivity contribution is 0.457. The van der Waals surface area contributed by atoms with Crippen molar-refractivity contribution in [3.63, 3.8) is 0 Å². The minimum Gasteiger partial charge on any atom is -0.437 e. The Morgan fingerprint density at radius 2 is 2.14 bits per heavy atom. The molecule has 0 aromatic carbocycles. The molecule has 0 unspecified atom stereocenters. The van der Waals surface area contributed by atoms with Crippen LogP contribution in [0.5, 0.6) is 11.6 Å². The molecule has 3 rings (SSSR count). The maximum Gasteiger partial charge on any atom is 0.219 e. The van der Waals surface area contributed by atoms with E-state index in [0.29, 0.717) is 17.7 Å². The Bertz CT molecular complexity index is 629. The molecule has 1 aliphatic rings. The third-order valence-electron chi connectivity index (χ3n) is 3.35. The molecular weight excluding hydrogens is 330 g/mol. The van der Waals surface area contributed by atoms with Gasteiger partial charge in [-0.1, -0.05) is 6.92 Å². The molecule has 2 aromatic heterocycles. The largest absolute Gasteiger partial charge is 0.437 e. The first-order valence-electron chi connectivity index (χ1n) is 7.24. The predicted molar refractivity (Wildman–Crippen MR) is 85.5 cm³/mol. The summed E-state index contributed by atoms with van der Waals surface area (Å²) in [7, 11) is 0. The van der Waals surface area contributed by atoms with Crippen molar-refractivity contribution in [1.82, 2.24) is 15.3 Å². The summed E-state index contributed by atoms with van der Waals surface area (Å²) in [5.41, 5.74) is 2.26. The van der Waals surface area contributed by atoms with Crippen LogP contribution >= 0.6 is 15.9 Å². The minimum atomic E-state index is 0.627. The molecular formula is C16H18BrN3O. The summed E-state index contributed by atoms with van der Waals surface area (Å²) in [5.74, 6) is 1.31. The van der Waals surface area contributed by atoms with Crippen LogP contribution in [0.1, 0.15) is 31.0 Å². The van der Waals surface area contributed by atoms with Crippen LogP contribution < -0.4 is 10.1 Å². The lowest BCUT2D eigenvalue weighted by Gasteiger charge is -2.10. The monoisotopic (exact) mass is 347 g/mol. The van der Waals surface area contributed by atoms with Crippen LogP contribution in [0.15, 0.2) is 35.1 Å². The van der Waals surface area contributed by atoms with Crippen molar-refractivity contribution in [2.75, 3.05) is 0 Å². The van der Waals surface area contributed by atoms with E-state index in [1.165, 1.54) is 18.4 Å². The predicted octanol–water partition coefficient (Wildman–Crippen LogP) is 3.85. The smallest absolute Gasteiger partial charge is 0.219 e. The molecule has 0 amide bonds. The van der Waals surface area contributed by atoms with Crippen LogP contribution in [0.3, 0.4) is 0 Å². The molecule has 0 bridgehead atoms. The Labute approximate surface area is 133 Å². The van der Waals surface area contributed by atoms with Gasteiger partial charge in [0.15, 0.2) is 0 Å². The van der Waals surface area contributed by atoms with E-state index >= 15 is 0 Å². The Hall–Kier alpha value is -1.46. The van der Waals surface area contributed by atoms with Gasteiger partial charge in [-0.3, -0.25) is 4.98 Å². The third kappa shape index (κ3) is 4.25. The van der Waals surface area contributed by atoms with Gasteiger partial charge in [0.25, 0.3) is 0 Å². The van der Waals surface area contributed by atoms with Crippen molar-refractivity contribution in [2.24, 2.45) is 0 Å². The topological polar surface area (TPSA) is 47.0 Å². The standard InChI is InChI=1S/C16H18BrN3O/c1-2-13-5-11(8-19-14-3-4-14)6-16(20-13)21-15-7-12(17)9-18-10-15/h5-7,9-10,14,19H,2-4,8H2,1H3. The van der Waals surface area contributed by atoms with Crippen LogP contribution in [0.25, 0.3) is 0 Å². The van der Waals surface area contributed by atoms with Crippen LogP contribution in [0.4, 0.5) is 0 Å². The van der Waals surface area contributed by atoms with E-state index in [0.717, 1.165) is 23.1 Å². The molecule has 2 heterocycles. The number of ether oxygens (including phenoxy) is 1. The Morgan fingerprint density at radius 1 is 1.29 bits per heavy atom.